The molecule has 1 rings (SSSR count). The molecule has 0 aliphatic rings. The van der Waals surface area contributed by atoms with Crippen molar-refractivity contribution in [2.24, 2.45) is 5.73 Å². The van der Waals surface area contributed by atoms with Gasteiger partial charge in [0.25, 0.3) is 0 Å². The fourth-order valence-corrected chi connectivity index (χ4v) is 0.973. The third-order valence-electron chi connectivity index (χ3n) is 1.61. The summed E-state index contributed by atoms with van der Waals surface area (Å²) in [5.41, 5.74) is 5.15. The Labute approximate surface area is 81.6 Å². The molecule has 14 heavy (non-hydrogen) atoms. The zero-order chi connectivity index (χ0) is 10.6. The molecule has 74 valence electrons. The van der Waals surface area contributed by atoms with Crippen molar-refractivity contribution in [2.45, 2.75) is 0 Å². The number of carbonyl (C=O) groups is 1. The van der Waals surface area contributed by atoms with E-state index in [1.807, 2.05) is 0 Å². The molecule has 0 atom stereocenters. The topological polar surface area (TPSA) is 81.8 Å². The Morgan fingerprint density at radius 2 is 2.29 bits per heavy atom. The van der Waals surface area contributed by atoms with Crippen LogP contribution in [0.25, 0.3) is 0 Å². The van der Waals surface area contributed by atoms with Gasteiger partial charge in [-0.25, -0.2) is 4.79 Å². The lowest BCUT2D eigenvalue weighted by atomic mass is 9.79. The molecule has 0 spiro atoms. The predicted molar refractivity (Wildman–Crippen MR) is 51.3 cm³/mol. The molecule has 0 fully saturated rings. The van der Waals surface area contributed by atoms with Gasteiger partial charge in [-0.1, -0.05) is 12.1 Å². The van der Waals surface area contributed by atoms with Crippen molar-refractivity contribution in [1.82, 2.24) is 0 Å². The highest BCUT2D eigenvalue weighted by atomic mass is 16.6. The van der Waals surface area contributed by atoms with Crippen LogP contribution in [-0.4, -0.2) is 25.3 Å². The number of ether oxygens (including phenoxy) is 1. The molecule has 1 aromatic carbocycles. The molecule has 6 heteroatoms. The molecular formula is C8H10BNO4. The summed E-state index contributed by atoms with van der Waals surface area (Å²) >= 11 is 0. The molecular weight excluding hydrogens is 185 g/mol. The SMILES string of the molecule is COc1cccc(B(O)OC(N)=O)c1. The highest BCUT2D eigenvalue weighted by Gasteiger charge is 2.20. The van der Waals surface area contributed by atoms with E-state index >= 15 is 0 Å². The van der Waals surface area contributed by atoms with Crippen LogP contribution < -0.4 is 15.9 Å². The maximum absolute atomic E-state index is 10.3. The summed E-state index contributed by atoms with van der Waals surface area (Å²) in [5, 5.41) is 9.33. The Hall–Kier alpha value is -1.69. The molecule has 0 saturated carbocycles. The third kappa shape index (κ3) is 2.67. The Morgan fingerprint density at radius 3 is 2.86 bits per heavy atom. The summed E-state index contributed by atoms with van der Waals surface area (Å²) in [7, 11) is 0.142. The fraction of sp³-hybridized carbons (Fsp3) is 0.125. The monoisotopic (exact) mass is 195 g/mol. The number of methoxy groups -OCH3 is 1. The van der Waals surface area contributed by atoms with Gasteiger partial charge in [-0.3, -0.25) is 0 Å². The lowest BCUT2D eigenvalue weighted by Gasteiger charge is -2.06. The van der Waals surface area contributed by atoms with E-state index in [2.05, 4.69) is 4.65 Å². The Bertz CT molecular complexity index is 331. The minimum absolute atomic E-state index is 0.406. The molecule has 0 radical (unpaired) electrons. The van der Waals surface area contributed by atoms with Gasteiger partial charge in [-0.15, -0.1) is 0 Å². The summed E-state index contributed by atoms with van der Waals surface area (Å²) in [6, 6.07) is 6.52. The summed E-state index contributed by atoms with van der Waals surface area (Å²) in [4.78, 5) is 10.3. The summed E-state index contributed by atoms with van der Waals surface area (Å²) in [6.07, 6.45) is -1.03. The minimum atomic E-state index is -1.36. The highest BCUT2D eigenvalue weighted by molar-refractivity contribution is 6.61. The van der Waals surface area contributed by atoms with Gasteiger partial charge < -0.3 is 20.1 Å². The number of hydrogen-bond acceptors (Lipinski definition) is 4. The van der Waals surface area contributed by atoms with E-state index in [4.69, 9.17) is 10.5 Å². The average molecular weight is 195 g/mol. The van der Waals surface area contributed by atoms with E-state index in [0.717, 1.165) is 0 Å². The molecule has 0 bridgehead atoms. The highest BCUT2D eigenvalue weighted by Crippen LogP contribution is 2.06. The normalized spacial score (nSPS) is 9.29. The second-order valence-electron chi connectivity index (χ2n) is 2.57. The molecule has 0 aliphatic carbocycles. The van der Waals surface area contributed by atoms with Gasteiger partial charge in [0.2, 0.25) is 0 Å². The summed E-state index contributed by atoms with van der Waals surface area (Å²) in [5.74, 6) is 0.564. The molecule has 1 aromatic rings. The first kappa shape index (κ1) is 10.4. The van der Waals surface area contributed by atoms with Gasteiger partial charge in [-0.2, -0.15) is 0 Å². The largest absolute Gasteiger partial charge is 0.563 e. The van der Waals surface area contributed by atoms with Crippen molar-refractivity contribution in [1.29, 1.82) is 0 Å². The second-order valence-corrected chi connectivity index (χ2v) is 2.57. The second kappa shape index (κ2) is 4.52. The zero-order valence-corrected chi connectivity index (χ0v) is 7.64. The molecule has 1 amide bonds. The van der Waals surface area contributed by atoms with Crippen molar-refractivity contribution >= 4 is 18.7 Å². The van der Waals surface area contributed by atoms with Crippen LogP contribution in [0.2, 0.25) is 0 Å². The van der Waals surface area contributed by atoms with E-state index in [9.17, 15) is 9.82 Å². The van der Waals surface area contributed by atoms with E-state index in [0.29, 0.717) is 11.2 Å². The Morgan fingerprint density at radius 1 is 1.57 bits per heavy atom. The number of amides is 1. The van der Waals surface area contributed by atoms with Crippen LogP contribution in [-0.2, 0) is 4.65 Å². The number of carbonyl (C=O) groups excluding carboxylic acids is 1. The predicted octanol–water partition coefficient (Wildman–Crippen LogP) is -0.522. The van der Waals surface area contributed by atoms with Gasteiger partial charge in [0.15, 0.2) is 0 Å². The van der Waals surface area contributed by atoms with Crippen molar-refractivity contribution < 1.29 is 19.2 Å². The van der Waals surface area contributed by atoms with Gasteiger partial charge in [-0.05, 0) is 12.1 Å². The quantitative estimate of drug-likeness (QED) is 0.635. The molecule has 0 heterocycles. The van der Waals surface area contributed by atoms with Crippen LogP contribution in [0, 0.1) is 0 Å². The van der Waals surface area contributed by atoms with Crippen molar-refractivity contribution in [3.63, 3.8) is 0 Å². The summed E-state index contributed by atoms with van der Waals surface area (Å²) < 4.78 is 9.30. The van der Waals surface area contributed by atoms with Crippen molar-refractivity contribution in [2.75, 3.05) is 7.11 Å². The standard InChI is InChI=1S/C8H10BNO4/c1-13-7-4-2-3-6(5-7)9(12)14-8(10)11/h2-5,12H,1H3,(H2,10,11). The van der Waals surface area contributed by atoms with E-state index in [1.54, 1.807) is 24.3 Å². The van der Waals surface area contributed by atoms with E-state index in [1.165, 1.54) is 7.11 Å². The van der Waals surface area contributed by atoms with E-state index < -0.39 is 13.2 Å². The summed E-state index contributed by atoms with van der Waals surface area (Å²) in [6.45, 7) is 0. The van der Waals surface area contributed by atoms with Crippen LogP contribution in [0.15, 0.2) is 24.3 Å². The molecule has 5 nitrogen and oxygen atoms in total. The maximum atomic E-state index is 10.3. The molecule has 0 saturated heterocycles. The molecule has 0 unspecified atom stereocenters. The first-order chi connectivity index (χ1) is 6.63. The molecule has 3 N–H and O–H groups in total. The van der Waals surface area contributed by atoms with Crippen LogP contribution in [0.4, 0.5) is 4.79 Å². The van der Waals surface area contributed by atoms with Crippen molar-refractivity contribution in [3.05, 3.63) is 24.3 Å². The van der Waals surface area contributed by atoms with E-state index in [-0.39, 0.29) is 0 Å². The fourth-order valence-electron chi connectivity index (χ4n) is 0.973. The number of rotatable bonds is 3. The smallest absolute Gasteiger partial charge is 0.497 e. The lowest BCUT2D eigenvalue weighted by Crippen LogP contribution is -2.37. The van der Waals surface area contributed by atoms with Gasteiger partial charge in [0.1, 0.15) is 5.75 Å². The van der Waals surface area contributed by atoms with Crippen LogP contribution in [0.5, 0.6) is 5.75 Å². The van der Waals surface area contributed by atoms with Gasteiger partial charge in [0, 0.05) is 5.46 Å². The Kier molecular flexibility index (Phi) is 3.36. The van der Waals surface area contributed by atoms with Crippen molar-refractivity contribution in [3.8, 4) is 5.75 Å². The van der Waals surface area contributed by atoms with Crippen LogP contribution in [0.1, 0.15) is 0 Å². The van der Waals surface area contributed by atoms with Crippen LogP contribution >= 0.6 is 0 Å². The van der Waals surface area contributed by atoms with Gasteiger partial charge in [0.05, 0.1) is 7.11 Å². The number of hydrogen-bond donors (Lipinski definition) is 2. The first-order valence-corrected chi connectivity index (χ1v) is 3.91. The zero-order valence-electron chi connectivity index (χ0n) is 7.64. The maximum Gasteiger partial charge on any atom is 0.563 e. The minimum Gasteiger partial charge on any atom is -0.497 e. The lowest BCUT2D eigenvalue weighted by molar-refractivity contribution is 0.203. The number of nitrogens with two attached hydrogens (primary N) is 1. The van der Waals surface area contributed by atoms with Crippen LogP contribution in [0.3, 0.4) is 0 Å². The number of primary amides is 1. The molecule has 0 aromatic heterocycles. The molecule has 0 aliphatic heterocycles. The Balaban J connectivity index is 2.78. The van der Waals surface area contributed by atoms with Gasteiger partial charge >= 0.3 is 13.2 Å². The third-order valence-corrected chi connectivity index (χ3v) is 1.61. The average Bonchev–Trinajstić information content (AvgIpc) is 2.17. The first-order valence-electron chi connectivity index (χ1n) is 3.91. The number of benzene rings is 1.